The number of aromatic nitrogens is 2. The zero-order valence-corrected chi connectivity index (χ0v) is 17.8. The van der Waals surface area contributed by atoms with E-state index in [-0.39, 0.29) is 18.2 Å². The van der Waals surface area contributed by atoms with Gasteiger partial charge < -0.3 is 40.9 Å². The van der Waals surface area contributed by atoms with Gasteiger partial charge in [0.15, 0.2) is 11.8 Å². The Kier molecular flexibility index (Phi) is 7.92. The molecule has 0 spiro atoms. The van der Waals surface area contributed by atoms with Crippen molar-refractivity contribution < 1.29 is 56.3 Å². The number of phosphoric acid groups is 3. The van der Waals surface area contributed by atoms with Gasteiger partial charge in [-0.05, 0) is 6.07 Å². The molecule has 0 saturated carbocycles. The van der Waals surface area contributed by atoms with Crippen LogP contribution in [0, 0.1) is 0 Å². The lowest BCUT2D eigenvalue weighted by Gasteiger charge is -2.19. The molecule has 0 aromatic carbocycles. The van der Waals surface area contributed by atoms with E-state index >= 15 is 0 Å². The first-order valence-corrected chi connectivity index (χ1v) is 12.4. The monoisotopic (exact) mass is 509 g/mol. The molecule has 1 saturated heterocycles. The molecule has 2 rings (SSSR count). The number of aliphatic hydroxyl groups is 1. The lowest BCUT2D eigenvalue weighted by atomic mass is 10.2. The molecule has 0 aliphatic carbocycles. The van der Waals surface area contributed by atoms with Gasteiger partial charge in [-0.25, -0.2) is 18.5 Å². The van der Waals surface area contributed by atoms with Gasteiger partial charge >= 0.3 is 29.2 Å². The summed E-state index contributed by atoms with van der Waals surface area (Å²) >= 11 is 0. The Morgan fingerprint density at radius 3 is 2.42 bits per heavy atom. The standard InChI is InChI=1S/C10H18N5O13P3/c11-9(12)13-7-1-2-15(10(17)14-7)8-3-5(16)6(26-8)4-25-30(21,22)28-31(23,24)27-29(18,19)20/h1-2,5-6,8,16H,3-4H2,(H,21,22)(H,23,24)(H2,18,19,20)(H4,11,12,13,14,17)/t5-,6?,8-/m1/s1. The topological polar surface area (TPSA) is 289 Å². The third kappa shape index (κ3) is 8.16. The van der Waals surface area contributed by atoms with Crippen LogP contribution in [0.25, 0.3) is 0 Å². The molecule has 1 aromatic rings. The molecule has 0 bridgehead atoms. The molecule has 2 heterocycles. The van der Waals surface area contributed by atoms with E-state index < -0.39 is 54.2 Å². The van der Waals surface area contributed by atoms with E-state index in [1.54, 1.807) is 0 Å². The number of aliphatic hydroxyl groups excluding tert-OH is 1. The quantitative estimate of drug-likeness (QED) is 0.109. The fraction of sp³-hybridized carbons (Fsp3) is 0.500. The summed E-state index contributed by atoms with van der Waals surface area (Å²) in [4.78, 5) is 54.7. The summed E-state index contributed by atoms with van der Waals surface area (Å²) < 4.78 is 51.4. The predicted molar refractivity (Wildman–Crippen MR) is 98.3 cm³/mol. The molecule has 1 aliphatic heterocycles. The third-order valence-corrected chi connectivity index (χ3v) is 7.19. The molecule has 31 heavy (non-hydrogen) atoms. The van der Waals surface area contributed by atoms with Crippen molar-refractivity contribution >= 4 is 35.2 Å². The van der Waals surface area contributed by atoms with E-state index in [1.807, 2.05) is 0 Å². The minimum absolute atomic E-state index is 0.0796. The van der Waals surface area contributed by atoms with Crippen LogP contribution >= 0.6 is 23.5 Å². The second-order valence-corrected chi connectivity index (χ2v) is 10.3. The lowest BCUT2D eigenvalue weighted by molar-refractivity contribution is -0.0449. The van der Waals surface area contributed by atoms with Crippen LogP contribution in [-0.2, 0) is 31.6 Å². The highest BCUT2D eigenvalue weighted by Crippen LogP contribution is 2.66. The predicted octanol–water partition coefficient (Wildman–Crippen LogP) is -1.86. The zero-order chi connectivity index (χ0) is 23.6. The van der Waals surface area contributed by atoms with E-state index in [0.717, 1.165) is 4.57 Å². The van der Waals surface area contributed by atoms with Crippen LogP contribution in [0.4, 0.5) is 5.82 Å². The molecule has 1 aliphatic rings. The van der Waals surface area contributed by atoms with Crippen molar-refractivity contribution in [2.75, 3.05) is 6.61 Å². The van der Waals surface area contributed by atoms with Crippen molar-refractivity contribution in [2.24, 2.45) is 16.5 Å². The molecule has 18 nitrogen and oxygen atoms in total. The molecule has 5 atom stereocenters. The molecule has 9 N–H and O–H groups in total. The van der Waals surface area contributed by atoms with Crippen LogP contribution in [0.15, 0.2) is 22.1 Å². The van der Waals surface area contributed by atoms with Crippen LogP contribution in [0.1, 0.15) is 12.6 Å². The van der Waals surface area contributed by atoms with Crippen LogP contribution < -0.4 is 17.2 Å². The van der Waals surface area contributed by atoms with Gasteiger partial charge in [0, 0.05) is 12.6 Å². The van der Waals surface area contributed by atoms with Crippen LogP contribution in [0.3, 0.4) is 0 Å². The smallest absolute Gasteiger partial charge is 0.390 e. The number of hydrogen-bond acceptors (Lipinski definition) is 11. The zero-order valence-electron chi connectivity index (χ0n) is 15.1. The number of hydrogen-bond donors (Lipinski definition) is 7. The Hall–Kier alpha value is -1.52. The third-order valence-electron chi connectivity index (χ3n) is 3.39. The Labute approximate surface area is 172 Å². The Balaban J connectivity index is 2.01. The van der Waals surface area contributed by atoms with Crippen molar-refractivity contribution in [1.82, 2.24) is 9.55 Å². The second kappa shape index (κ2) is 9.54. The van der Waals surface area contributed by atoms with Gasteiger partial charge in [0.2, 0.25) is 0 Å². The van der Waals surface area contributed by atoms with Crippen LogP contribution in [0.5, 0.6) is 0 Å². The first kappa shape index (κ1) is 25.7. The second-order valence-electron chi connectivity index (χ2n) is 5.83. The Morgan fingerprint density at radius 1 is 1.23 bits per heavy atom. The summed E-state index contributed by atoms with van der Waals surface area (Å²) in [6.07, 6.45) is -2.65. The minimum Gasteiger partial charge on any atom is -0.390 e. The minimum atomic E-state index is -5.68. The molecule has 21 heteroatoms. The van der Waals surface area contributed by atoms with Gasteiger partial charge in [-0.15, -0.1) is 0 Å². The van der Waals surface area contributed by atoms with E-state index in [2.05, 4.69) is 23.1 Å². The molecular formula is C10H18N5O13P3. The van der Waals surface area contributed by atoms with Crippen LogP contribution in [-0.4, -0.2) is 59.0 Å². The first-order valence-electron chi connectivity index (χ1n) is 7.87. The SMILES string of the molecule is NC(N)=Nc1ccn([C@H]2C[C@@H](O)C(COP(=O)(O)OP(=O)(O)OP(=O)(O)O)O2)c(=O)n1. The maximum atomic E-state index is 12.1. The highest BCUT2D eigenvalue weighted by molar-refractivity contribution is 7.66. The summed E-state index contributed by atoms with van der Waals surface area (Å²) in [5.41, 5.74) is 9.52. The van der Waals surface area contributed by atoms with E-state index in [0.29, 0.717) is 0 Å². The Bertz CT molecular complexity index is 1040. The van der Waals surface area contributed by atoms with Crippen molar-refractivity contribution in [2.45, 2.75) is 24.9 Å². The average molecular weight is 509 g/mol. The van der Waals surface area contributed by atoms with Crippen molar-refractivity contribution in [3.05, 3.63) is 22.7 Å². The van der Waals surface area contributed by atoms with Gasteiger partial charge in [0.25, 0.3) is 0 Å². The summed E-state index contributed by atoms with van der Waals surface area (Å²) in [5, 5.41) is 10.0. The van der Waals surface area contributed by atoms with Crippen molar-refractivity contribution in [1.29, 1.82) is 0 Å². The highest BCUT2D eigenvalue weighted by Gasteiger charge is 2.42. The van der Waals surface area contributed by atoms with E-state index in [9.17, 15) is 28.5 Å². The largest absolute Gasteiger partial charge is 0.490 e. The maximum Gasteiger partial charge on any atom is 0.490 e. The van der Waals surface area contributed by atoms with E-state index in [1.165, 1.54) is 12.3 Å². The molecule has 176 valence electrons. The average Bonchev–Trinajstić information content (AvgIpc) is 2.89. The number of nitrogens with zero attached hydrogens (tertiary/aromatic N) is 3. The highest BCUT2D eigenvalue weighted by atomic mass is 31.3. The van der Waals surface area contributed by atoms with Crippen molar-refractivity contribution in [3.8, 4) is 0 Å². The normalized spacial score (nSPS) is 25.5. The number of aliphatic imine (C=N–C) groups is 1. The van der Waals surface area contributed by atoms with Gasteiger partial charge in [-0.1, -0.05) is 0 Å². The molecule has 0 radical (unpaired) electrons. The molecular weight excluding hydrogens is 491 g/mol. The van der Waals surface area contributed by atoms with Crippen LogP contribution in [0.2, 0.25) is 0 Å². The maximum absolute atomic E-state index is 12.1. The summed E-state index contributed by atoms with van der Waals surface area (Å²) in [5.74, 6) is -0.410. The molecule has 1 aromatic heterocycles. The summed E-state index contributed by atoms with van der Waals surface area (Å²) in [6, 6.07) is 1.27. The molecule has 0 amide bonds. The first-order chi connectivity index (χ1) is 14.1. The fourth-order valence-corrected chi connectivity index (χ4v) is 5.35. The number of phosphoric ester groups is 1. The Morgan fingerprint density at radius 2 is 1.87 bits per heavy atom. The summed E-state index contributed by atoms with van der Waals surface area (Å²) in [7, 11) is -16.6. The summed E-state index contributed by atoms with van der Waals surface area (Å²) in [6.45, 7) is -0.879. The van der Waals surface area contributed by atoms with Crippen molar-refractivity contribution in [3.63, 3.8) is 0 Å². The molecule has 3 unspecified atom stereocenters. The van der Waals surface area contributed by atoms with Gasteiger partial charge in [0.05, 0.1) is 12.7 Å². The molecule has 1 fully saturated rings. The number of rotatable bonds is 9. The lowest BCUT2D eigenvalue weighted by Crippen LogP contribution is -2.28. The number of ether oxygens (including phenoxy) is 1. The number of nitrogens with two attached hydrogens (primary N) is 2. The van der Waals surface area contributed by atoms with Gasteiger partial charge in [-0.2, -0.15) is 18.6 Å². The fourth-order valence-electron chi connectivity index (χ4n) is 2.32. The number of guanidine groups is 1. The van der Waals surface area contributed by atoms with E-state index in [4.69, 9.17) is 30.9 Å². The van der Waals surface area contributed by atoms with Gasteiger partial charge in [-0.3, -0.25) is 9.09 Å². The van der Waals surface area contributed by atoms with Gasteiger partial charge in [0.1, 0.15) is 12.3 Å².